The molecule has 2 rings (SSSR count). The molecule has 0 fully saturated rings. The van der Waals surface area contributed by atoms with Gasteiger partial charge in [0, 0.05) is 18.3 Å². The van der Waals surface area contributed by atoms with Crippen LogP contribution in [0.5, 0.6) is 0 Å². The Morgan fingerprint density at radius 2 is 1.83 bits per heavy atom. The highest BCUT2D eigenvalue weighted by Crippen LogP contribution is 2.23. The van der Waals surface area contributed by atoms with Gasteiger partial charge in [-0.1, -0.05) is 37.3 Å². The summed E-state index contributed by atoms with van der Waals surface area (Å²) in [7, 11) is 1.40. The van der Waals surface area contributed by atoms with Crippen LogP contribution in [0.1, 0.15) is 28.4 Å². The highest BCUT2D eigenvalue weighted by molar-refractivity contribution is 5.97. The lowest BCUT2D eigenvalue weighted by molar-refractivity contribution is -0.385. The van der Waals surface area contributed by atoms with Gasteiger partial charge in [-0.15, -0.1) is 0 Å². The summed E-state index contributed by atoms with van der Waals surface area (Å²) < 4.78 is 4.93. The van der Waals surface area contributed by atoms with E-state index in [0.717, 1.165) is 16.9 Å². The summed E-state index contributed by atoms with van der Waals surface area (Å²) in [6.45, 7) is 2.59. The number of aryl methyl sites for hydroxylation is 2. The van der Waals surface area contributed by atoms with Gasteiger partial charge in [-0.25, -0.2) is 4.79 Å². The number of nitrogens with one attached hydrogen (secondary N) is 1. The molecule has 0 radical (unpaired) electrons. The Bertz CT molecular complexity index is 973. The molecule has 1 N–H and O–H groups in total. The zero-order chi connectivity index (χ0) is 22.3. The van der Waals surface area contributed by atoms with Crippen molar-refractivity contribution in [2.75, 3.05) is 25.5 Å². The monoisotopic (exact) mass is 413 g/mol. The van der Waals surface area contributed by atoms with E-state index in [9.17, 15) is 24.5 Å². The number of nitrogens with zero attached hydrogens (tertiary/aromatic N) is 2. The maximum Gasteiger partial charge on any atom is 0.345 e. The number of rotatable bonds is 8. The molecular formula is C21H23N3O6. The van der Waals surface area contributed by atoms with E-state index in [1.165, 1.54) is 32.2 Å². The lowest BCUT2D eigenvalue weighted by Gasteiger charge is -2.17. The lowest BCUT2D eigenvalue weighted by atomic mass is 10.1. The molecule has 2 aromatic rings. The standard InChI is InChI=1S/C21H23N3O6/c1-4-15-9-5-6-11-17(15)22-18(25)12-23(3)19(26)13-30-21(27)16-10-7-8-14(2)20(16)24(28)29/h5-11H,4,12-13H2,1-3H3,(H,22,25). The van der Waals surface area contributed by atoms with Gasteiger partial charge >= 0.3 is 5.97 Å². The van der Waals surface area contributed by atoms with E-state index in [2.05, 4.69) is 5.32 Å². The predicted octanol–water partition coefficient (Wildman–Crippen LogP) is 2.72. The van der Waals surface area contributed by atoms with Crippen LogP contribution in [0.2, 0.25) is 0 Å². The second kappa shape index (κ2) is 10.1. The van der Waals surface area contributed by atoms with Gasteiger partial charge in [0.05, 0.1) is 11.5 Å². The predicted molar refractivity (Wildman–Crippen MR) is 110 cm³/mol. The average molecular weight is 413 g/mol. The van der Waals surface area contributed by atoms with E-state index in [1.807, 2.05) is 19.1 Å². The van der Waals surface area contributed by atoms with E-state index < -0.39 is 29.3 Å². The number of hydrogen-bond donors (Lipinski definition) is 1. The highest BCUT2D eigenvalue weighted by Gasteiger charge is 2.24. The summed E-state index contributed by atoms with van der Waals surface area (Å²) in [4.78, 5) is 48.3. The molecule has 158 valence electrons. The van der Waals surface area contributed by atoms with E-state index in [-0.39, 0.29) is 17.8 Å². The Labute approximate surface area is 173 Å². The summed E-state index contributed by atoms with van der Waals surface area (Å²) in [5, 5.41) is 13.9. The minimum Gasteiger partial charge on any atom is -0.452 e. The van der Waals surface area contributed by atoms with Crippen LogP contribution in [-0.4, -0.2) is 47.8 Å². The minimum absolute atomic E-state index is 0.232. The summed E-state index contributed by atoms with van der Waals surface area (Å²) in [5.74, 6) is -1.99. The number of carbonyl (C=O) groups excluding carboxylic acids is 3. The fraction of sp³-hybridized carbons (Fsp3) is 0.286. The number of ether oxygens (including phenoxy) is 1. The molecule has 0 heterocycles. The first kappa shape index (κ1) is 22.5. The molecule has 0 bridgehead atoms. The Balaban J connectivity index is 1.93. The van der Waals surface area contributed by atoms with Crippen molar-refractivity contribution in [1.82, 2.24) is 4.90 Å². The number of carbonyl (C=O) groups is 3. The Hall–Kier alpha value is -3.75. The number of amides is 2. The minimum atomic E-state index is -0.978. The van der Waals surface area contributed by atoms with Crippen molar-refractivity contribution in [1.29, 1.82) is 0 Å². The number of nitro groups is 1. The molecule has 0 atom stereocenters. The molecule has 30 heavy (non-hydrogen) atoms. The SMILES string of the molecule is CCc1ccccc1NC(=O)CN(C)C(=O)COC(=O)c1cccc(C)c1[N+](=O)[O-]. The number of para-hydroxylation sites is 2. The number of anilines is 1. The third-order valence-corrected chi connectivity index (χ3v) is 4.45. The van der Waals surface area contributed by atoms with Gasteiger partial charge in [0.2, 0.25) is 5.91 Å². The van der Waals surface area contributed by atoms with Crippen LogP contribution in [0.4, 0.5) is 11.4 Å². The van der Waals surface area contributed by atoms with Gasteiger partial charge in [0.1, 0.15) is 5.56 Å². The van der Waals surface area contributed by atoms with E-state index >= 15 is 0 Å². The fourth-order valence-corrected chi connectivity index (χ4v) is 2.83. The first-order valence-electron chi connectivity index (χ1n) is 9.27. The second-order valence-electron chi connectivity index (χ2n) is 6.61. The Morgan fingerprint density at radius 3 is 2.50 bits per heavy atom. The number of likely N-dealkylation sites (N-methyl/N-ethyl adjacent to an activating group) is 1. The molecule has 2 aromatic carbocycles. The van der Waals surface area contributed by atoms with Gasteiger partial charge in [0.15, 0.2) is 6.61 Å². The van der Waals surface area contributed by atoms with E-state index in [4.69, 9.17) is 4.74 Å². The molecule has 0 saturated heterocycles. The number of nitro benzene ring substituents is 1. The van der Waals surface area contributed by atoms with Crippen molar-refractivity contribution in [3.8, 4) is 0 Å². The van der Waals surface area contributed by atoms with Crippen LogP contribution in [-0.2, 0) is 20.7 Å². The van der Waals surface area contributed by atoms with Gasteiger partial charge in [-0.3, -0.25) is 19.7 Å². The first-order chi connectivity index (χ1) is 14.2. The van der Waals surface area contributed by atoms with Crippen molar-refractivity contribution >= 4 is 29.2 Å². The van der Waals surface area contributed by atoms with Crippen LogP contribution in [0, 0.1) is 17.0 Å². The third-order valence-electron chi connectivity index (χ3n) is 4.45. The fourth-order valence-electron chi connectivity index (χ4n) is 2.83. The Morgan fingerprint density at radius 1 is 1.13 bits per heavy atom. The molecule has 0 aliphatic carbocycles. The van der Waals surface area contributed by atoms with E-state index in [0.29, 0.717) is 11.3 Å². The second-order valence-corrected chi connectivity index (χ2v) is 6.61. The molecule has 0 unspecified atom stereocenters. The average Bonchev–Trinajstić information content (AvgIpc) is 2.71. The van der Waals surface area contributed by atoms with Crippen molar-refractivity contribution in [3.05, 3.63) is 69.3 Å². The normalized spacial score (nSPS) is 10.2. The number of hydrogen-bond acceptors (Lipinski definition) is 6. The molecule has 0 aromatic heterocycles. The van der Waals surface area contributed by atoms with Gasteiger partial charge in [-0.2, -0.15) is 0 Å². The van der Waals surface area contributed by atoms with Crippen LogP contribution in [0.25, 0.3) is 0 Å². The van der Waals surface area contributed by atoms with Gasteiger partial charge < -0.3 is 15.0 Å². The van der Waals surface area contributed by atoms with Crippen molar-refractivity contribution in [2.24, 2.45) is 0 Å². The molecule has 0 saturated carbocycles. The number of esters is 1. The number of benzene rings is 2. The molecule has 0 spiro atoms. The summed E-state index contributed by atoms with van der Waals surface area (Å²) in [5.41, 5.74) is 1.35. The van der Waals surface area contributed by atoms with Crippen LogP contribution >= 0.6 is 0 Å². The smallest absolute Gasteiger partial charge is 0.345 e. The van der Waals surface area contributed by atoms with Crippen LogP contribution < -0.4 is 5.32 Å². The molecule has 0 aliphatic heterocycles. The van der Waals surface area contributed by atoms with Crippen molar-refractivity contribution in [3.63, 3.8) is 0 Å². The van der Waals surface area contributed by atoms with Crippen molar-refractivity contribution in [2.45, 2.75) is 20.3 Å². The van der Waals surface area contributed by atoms with Gasteiger partial charge in [-0.05, 0) is 31.0 Å². The molecular weight excluding hydrogens is 390 g/mol. The summed E-state index contributed by atoms with van der Waals surface area (Å²) >= 11 is 0. The molecule has 9 heteroatoms. The molecule has 2 amide bonds. The highest BCUT2D eigenvalue weighted by atomic mass is 16.6. The Kier molecular flexibility index (Phi) is 7.62. The van der Waals surface area contributed by atoms with Crippen molar-refractivity contribution < 1.29 is 24.0 Å². The topological polar surface area (TPSA) is 119 Å². The molecule has 9 nitrogen and oxygen atoms in total. The summed E-state index contributed by atoms with van der Waals surface area (Å²) in [6, 6.07) is 11.6. The quantitative estimate of drug-likeness (QED) is 0.404. The maximum absolute atomic E-state index is 12.2. The third kappa shape index (κ3) is 5.63. The zero-order valence-electron chi connectivity index (χ0n) is 17.0. The van der Waals surface area contributed by atoms with Crippen LogP contribution in [0.3, 0.4) is 0 Å². The summed E-state index contributed by atoms with van der Waals surface area (Å²) in [6.07, 6.45) is 0.742. The van der Waals surface area contributed by atoms with Crippen LogP contribution in [0.15, 0.2) is 42.5 Å². The largest absolute Gasteiger partial charge is 0.452 e. The van der Waals surface area contributed by atoms with E-state index in [1.54, 1.807) is 12.1 Å². The zero-order valence-corrected chi connectivity index (χ0v) is 17.0. The maximum atomic E-state index is 12.2. The van der Waals surface area contributed by atoms with Gasteiger partial charge in [0.25, 0.3) is 11.6 Å². The first-order valence-corrected chi connectivity index (χ1v) is 9.27. The molecule has 0 aliphatic rings. The lowest BCUT2D eigenvalue weighted by Crippen LogP contribution is -2.37.